The number of aromatic nitrogens is 2. The van der Waals surface area contributed by atoms with E-state index in [1.54, 1.807) is 31.5 Å². The molecule has 1 saturated heterocycles. The monoisotopic (exact) mass is 553 g/mol. The molecular weight excluding hydrogens is 522 g/mol. The molecule has 0 spiro atoms. The molecule has 6 rings (SSSR count). The number of phenols is 1. The Balaban J connectivity index is 1.30. The lowest BCUT2D eigenvalue weighted by Crippen LogP contribution is -2.25. The topological polar surface area (TPSA) is 76.8 Å². The van der Waals surface area contributed by atoms with Gasteiger partial charge in [0.2, 0.25) is 0 Å². The molecule has 1 aliphatic rings. The van der Waals surface area contributed by atoms with E-state index in [1.807, 2.05) is 59.4 Å². The number of carbonyl (C=O) groups is 1. The van der Waals surface area contributed by atoms with Gasteiger partial charge in [-0.1, -0.05) is 12.1 Å². The van der Waals surface area contributed by atoms with Gasteiger partial charge in [0.15, 0.2) is 5.78 Å². The van der Waals surface area contributed by atoms with Crippen molar-refractivity contribution in [1.82, 2.24) is 14.7 Å². The third-order valence-corrected chi connectivity index (χ3v) is 8.53. The van der Waals surface area contributed by atoms with Crippen LogP contribution in [-0.2, 0) is 6.54 Å². The molecule has 7 nitrogen and oxygen atoms in total. The van der Waals surface area contributed by atoms with Crippen LogP contribution in [0.5, 0.6) is 17.2 Å². The van der Waals surface area contributed by atoms with E-state index in [9.17, 15) is 9.90 Å². The highest BCUT2D eigenvalue weighted by Crippen LogP contribution is 2.42. The maximum Gasteiger partial charge on any atom is 0.195 e. The van der Waals surface area contributed by atoms with Crippen molar-refractivity contribution in [2.24, 2.45) is 0 Å². The molecule has 2 aromatic heterocycles. The fraction of sp³-hybridized carbons (Fsp3) is 0.250. The summed E-state index contributed by atoms with van der Waals surface area (Å²) in [5, 5.41) is 15.2. The summed E-state index contributed by atoms with van der Waals surface area (Å²) in [6.07, 6.45) is 6.16. The first-order valence-electron chi connectivity index (χ1n) is 13.5. The third-order valence-electron chi connectivity index (χ3n) is 7.33. The SMILES string of the molecule is COc1cc(C(=O)c2c(-c3ccc(OCCN4CCCC4)cc3)sc3cc(O)ccc23)ccc1Cn1cccn1. The van der Waals surface area contributed by atoms with Gasteiger partial charge in [-0.2, -0.15) is 5.10 Å². The molecule has 8 heteroatoms. The Kier molecular flexibility index (Phi) is 7.53. The van der Waals surface area contributed by atoms with E-state index >= 15 is 0 Å². The minimum atomic E-state index is -0.0955. The number of hydrogen-bond donors (Lipinski definition) is 1. The van der Waals surface area contributed by atoms with Crippen LogP contribution in [0.15, 0.2) is 79.1 Å². The fourth-order valence-electron chi connectivity index (χ4n) is 5.24. The molecule has 0 bridgehead atoms. The Hall–Kier alpha value is -4.14. The van der Waals surface area contributed by atoms with Crippen molar-refractivity contribution in [2.45, 2.75) is 19.4 Å². The van der Waals surface area contributed by atoms with Gasteiger partial charge in [-0.3, -0.25) is 14.4 Å². The van der Waals surface area contributed by atoms with Crippen molar-refractivity contribution < 1.29 is 19.4 Å². The smallest absolute Gasteiger partial charge is 0.195 e. The number of hydrogen-bond acceptors (Lipinski definition) is 7. The summed E-state index contributed by atoms with van der Waals surface area (Å²) in [6, 6.07) is 20.5. The zero-order chi connectivity index (χ0) is 27.5. The second-order valence-electron chi connectivity index (χ2n) is 9.97. The van der Waals surface area contributed by atoms with E-state index in [4.69, 9.17) is 9.47 Å². The van der Waals surface area contributed by atoms with Crippen LogP contribution < -0.4 is 9.47 Å². The number of benzene rings is 3. The summed E-state index contributed by atoms with van der Waals surface area (Å²) in [4.78, 5) is 17.4. The minimum absolute atomic E-state index is 0.0955. The van der Waals surface area contributed by atoms with Crippen LogP contribution in [0, 0.1) is 0 Å². The molecule has 0 amide bonds. The van der Waals surface area contributed by atoms with Crippen molar-refractivity contribution in [3.05, 3.63) is 95.8 Å². The Morgan fingerprint density at radius 2 is 1.88 bits per heavy atom. The van der Waals surface area contributed by atoms with Crippen molar-refractivity contribution in [3.63, 3.8) is 0 Å². The van der Waals surface area contributed by atoms with Gasteiger partial charge < -0.3 is 14.6 Å². The van der Waals surface area contributed by atoms with Crippen LogP contribution in [0.2, 0.25) is 0 Å². The summed E-state index contributed by atoms with van der Waals surface area (Å²) in [7, 11) is 1.61. The van der Waals surface area contributed by atoms with Crippen molar-refractivity contribution in [1.29, 1.82) is 0 Å². The molecule has 1 N–H and O–H groups in total. The number of ketones is 1. The largest absolute Gasteiger partial charge is 0.508 e. The molecule has 1 fully saturated rings. The van der Waals surface area contributed by atoms with E-state index in [2.05, 4.69) is 10.00 Å². The molecule has 40 heavy (non-hydrogen) atoms. The number of fused-ring (bicyclic) bond motifs is 1. The first-order valence-corrected chi connectivity index (χ1v) is 14.3. The molecule has 0 unspecified atom stereocenters. The highest BCUT2D eigenvalue weighted by atomic mass is 32.1. The van der Waals surface area contributed by atoms with Gasteiger partial charge in [0.25, 0.3) is 0 Å². The molecule has 3 aromatic carbocycles. The van der Waals surface area contributed by atoms with E-state index in [-0.39, 0.29) is 11.5 Å². The van der Waals surface area contributed by atoms with Gasteiger partial charge in [0.05, 0.1) is 13.7 Å². The molecule has 0 radical (unpaired) electrons. The normalized spacial score (nSPS) is 13.6. The van der Waals surface area contributed by atoms with Gasteiger partial charge >= 0.3 is 0 Å². The van der Waals surface area contributed by atoms with E-state index in [0.29, 0.717) is 30.0 Å². The van der Waals surface area contributed by atoms with Gasteiger partial charge in [0, 0.05) is 50.6 Å². The van der Waals surface area contributed by atoms with Crippen LogP contribution in [0.3, 0.4) is 0 Å². The van der Waals surface area contributed by atoms with E-state index in [0.717, 1.165) is 51.5 Å². The second kappa shape index (κ2) is 11.5. The van der Waals surface area contributed by atoms with Gasteiger partial charge in [0.1, 0.15) is 23.9 Å². The van der Waals surface area contributed by atoms with Crippen LogP contribution >= 0.6 is 11.3 Å². The van der Waals surface area contributed by atoms with Crippen LogP contribution in [0.25, 0.3) is 20.5 Å². The summed E-state index contributed by atoms with van der Waals surface area (Å²) < 4.78 is 14.3. The summed E-state index contributed by atoms with van der Waals surface area (Å²) in [5.41, 5.74) is 3.02. The molecule has 1 aliphatic heterocycles. The zero-order valence-corrected chi connectivity index (χ0v) is 23.2. The zero-order valence-electron chi connectivity index (χ0n) is 22.4. The quantitative estimate of drug-likeness (QED) is 0.207. The Morgan fingerprint density at radius 3 is 2.62 bits per heavy atom. The number of likely N-dealkylation sites (tertiary alicyclic amines) is 1. The average molecular weight is 554 g/mol. The molecule has 0 atom stereocenters. The first kappa shape index (κ1) is 26.1. The Morgan fingerprint density at radius 1 is 1.05 bits per heavy atom. The number of carbonyl (C=O) groups excluding carboxylic acids is 1. The maximum atomic E-state index is 14.1. The van der Waals surface area contributed by atoms with Gasteiger partial charge in [-0.05, 0) is 86.1 Å². The summed E-state index contributed by atoms with van der Waals surface area (Å²) >= 11 is 1.50. The fourth-order valence-corrected chi connectivity index (χ4v) is 6.48. The average Bonchev–Trinajstić information content (AvgIpc) is 3.75. The van der Waals surface area contributed by atoms with Crippen molar-refractivity contribution >= 4 is 27.2 Å². The maximum absolute atomic E-state index is 14.1. The Labute approximate surface area is 237 Å². The van der Waals surface area contributed by atoms with Crippen molar-refractivity contribution in [2.75, 3.05) is 33.4 Å². The molecular formula is C32H31N3O4S. The molecule has 0 saturated carbocycles. The number of phenolic OH excluding ortho intramolecular Hbond substituents is 1. The van der Waals surface area contributed by atoms with Gasteiger partial charge in [-0.25, -0.2) is 0 Å². The number of rotatable bonds is 10. The lowest BCUT2D eigenvalue weighted by Gasteiger charge is -2.15. The molecule has 3 heterocycles. The number of thiophene rings is 1. The van der Waals surface area contributed by atoms with E-state index < -0.39 is 0 Å². The number of methoxy groups -OCH3 is 1. The van der Waals surface area contributed by atoms with Gasteiger partial charge in [-0.15, -0.1) is 11.3 Å². The first-order chi connectivity index (χ1) is 19.6. The molecule has 204 valence electrons. The highest BCUT2D eigenvalue weighted by Gasteiger charge is 2.23. The second-order valence-corrected chi connectivity index (χ2v) is 11.0. The van der Waals surface area contributed by atoms with Crippen LogP contribution in [0.1, 0.15) is 34.3 Å². The number of nitrogens with zero attached hydrogens (tertiary/aromatic N) is 3. The lowest BCUT2D eigenvalue weighted by molar-refractivity contribution is 0.104. The number of aromatic hydroxyl groups is 1. The van der Waals surface area contributed by atoms with Crippen LogP contribution in [0.4, 0.5) is 0 Å². The standard InChI is InChI=1S/C32H31N3O4S/c1-38-28-19-23(5-6-24(28)21-35-16-4-13-33-35)31(37)30-27-12-9-25(36)20-29(27)40-32(30)22-7-10-26(11-8-22)39-18-17-34-14-2-3-15-34/h4-13,16,19-20,36H,2-3,14-15,17-18,21H2,1H3. The predicted molar refractivity (Wildman–Crippen MR) is 158 cm³/mol. The molecule has 0 aliphatic carbocycles. The lowest BCUT2D eigenvalue weighted by atomic mass is 9.96. The van der Waals surface area contributed by atoms with Crippen LogP contribution in [-0.4, -0.2) is 58.9 Å². The summed E-state index contributed by atoms with van der Waals surface area (Å²) in [6.45, 7) is 4.44. The third kappa shape index (κ3) is 5.46. The predicted octanol–water partition coefficient (Wildman–Crippen LogP) is 6.23. The Bertz CT molecular complexity index is 1620. The number of ether oxygens (including phenoxy) is 2. The molecule has 5 aromatic rings. The minimum Gasteiger partial charge on any atom is -0.508 e. The van der Waals surface area contributed by atoms with E-state index in [1.165, 1.54) is 24.2 Å². The summed E-state index contributed by atoms with van der Waals surface area (Å²) in [5.74, 6) is 1.52. The van der Waals surface area contributed by atoms with Crippen molar-refractivity contribution in [3.8, 4) is 27.7 Å². The highest BCUT2D eigenvalue weighted by molar-refractivity contribution is 7.22.